The van der Waals surface area contributed by atoms with Crippen LogP contribution in [0.4, 0.5) is 0 Å². The average Bonchev–Trinajstić information content (AvgIpc) is 2.41. The van der Waals surface area contributed by atoms with Crippen molar-refractivity contribution in [3.05, 3.63) is 42.1 Å². The highest BCUT2D eigenvalue weighted by Gasteiger charge is 2.19. The van der Waals surface area contributed by atoms with Gasteiger partial charge < -0.3 is 5.32 Å². The van der Waals surface area contributed by atoms with Crippen LogP contribution < -0.4 is 5.32 Å². The number of hydrogen-bond acceptors (Lipinski definition) is 1. The molecule has 90 valence electrons. The SMILES string of the molecule is O=C(N/C=C/c1ccccc1)C1CCCCC1. The van der Waals surface area contributed by atoms with Crippen LogP contribution in [0.25, 0.3) is 6.08 Å². The van der Waals surface area contributed by atoms with Gasteiger partial charge in [-0.1, -0.05) is 49.6 Å². The maximum Gasteiger partial charge on any atom is 0.227 e. The van der Waals surface area contributed by atoms with Gasteiger partial charge in [0.05, 0.1) is 0 Å². The summed E-state index contributed by atoms with van der Waals surface area (Å²) < 4.78 is 0. The van der Waals surface area contributed by atoms with Crippen LogP contribution in [-0.2, 0) is 4.79 Å². The van der Waals surface area contributed by atoms with Crippen LogP contribution in [0.15, 0.2) is 36.5 Å². The molecule has 0 heterocycles. The molecule has 2 nitrogen and oxygen atoms in total. The van der Waals surface area contributed by atoms with Crippen LogP contribution in [-0.4, -0.2) is 5.91 Å². The van der Waals surface area contributed by atoms with Crippen molar-refractivity contribution in [2.45, 2.75) is 32.1 Å². The molecule has 0 aromatic heterocycles. The Kier molecular flexibility index (Phi) is 4.37. The highest BCUT2D eigenvalue weighted by atomic mass is 16.1. The summed E-state index contributed by atoms with van der Waals surface area (Å²) in [7, 11) is 0. The monoisotopic (exact) mass is 229 g/mol. The van der Waals surface area contributed by atoms with Crippen LogP contribution in [0, 0.1) is 5.92 Å². The normalized spacial score (nSPS) is 17.2. The molecule has 1 aromatic rings. The Hall–Kier alpha value is -1.57. The second-order valence-corrected chi connectivity index (χ2v) is 4.59. The molecule has 0 bridgehead atoms. The first kappa shape index (κ1) is 11.9. The van der Waals surface area contributed by atoms with E-state index in [9.17, 15) is 4.79 Å². The van der Waals surface area contributed by atoms with E-state index in [1.165, 1.54) is 19.3 Å². The molecule has 1 saturated carbocycles. The fourth-order valence-corrected chi connectivity index (χ4v) is 2.27. The summed E-state index contributed by atoms with van der Waals surface area (Å²) in [5.41, 5.74) is 1.11. The van der Waals surface area contributed by atoms with Crippen molar-refractivity contribution in [3.8, 4) is 0 Å². The summed E-state index contributed by atoms with van der Waals surface area (Å²) in [4.78, 5) is 11.8. The molecule has 2 rings (SSSR count). The molecule has 0 spiro atoms. The molecule has 1 aromatic carbocycles. The van der Waals surface area contributed by atoms with Gasteiger partial charge in [-0.3, -0.25) is 4.79 Å². The number of benzene rings is 1. The summed E-state index contributed by atoms with van der Waals surface area (Å²) >= 11 is 0. The van der Waals surface area contributed by atoms with E-state index >= 15 is 0 Å². The van der Waals surface area contributed by atoms with Crippen molar-refractivity contribution in [3.63, 3.8) is 0 Å². The molecule has 1 amide bonds. The highest BCUT2D eigenvalue weighted by molar-refractivity contribution is 5.80. The molecule has 0 radical (unpaired) electrons. The molecule has 17 heavy (non-hydrogen) atoms. The van der Waals surface area contributed by atoms with E-state index in [-0.39, 0.29) is 11.8 Å². The number of amides is 1. The number of carbonyl (C=O) groups is 1. The zero-order valence-electron chi connectivity index (χ0n) is 10.1. The van der Waals surface area contributed by atoms with Crippen molar-refractivity contribution in [1.82, 2.24) is 5.32 Å². The van der Waals surface area contributed by atoms with Crippen molar-refractivity contribution in [2.75, 3.05) is 0 Å². The lowest BCUT2D eigenvalue weighted by Gasteiger charge is -2.19. The number of nitrogens with one attached hydrogen (secondary N) is 1. The molecule has 1 aliphatic carbocycles. The van der Waals surface area contributed by atoms with Crippen molar-refractivity contribution in [1.29, 1.82) is 0 Å². The van der Waals surface area contributed by atoms with Gasteiger partial charge in [-0.05, 0) is 24.5 Å². The van der Waals surface area contributed by atoms with E-state index in [4.69, 9.17) is 0 Å². The Morgan fingerprint density at radius 1 is 1.12 bits per heavy atom. The van der Waals surface area contributed by atoms with Crippen molar-refractivity contribution in [2.24, 2.45) is 5.92 Å². The maximum atomic E-state index is 11.8. The minimum absolute atomic E-state index is 0.178. The van der Waals surface area contributed by atoms with Gasteiger partial charge >= 0.3 is 0 Å². The Balaban J connectivity index is 1.81. The average molecular weight is 229 g/mol. The standard InChI is InChI=1S/C15H19NO/c17-15(14-9-5-2-6-10-14)16-12-11-13-7-3-1-4-8-13/h1,3-4,7-8,11-12,14H,2,5-6,9-10H2,(H,16,17)/b12-11+. The fourth-order valence-electron chi connectivity index (χ4n) is 2.27. The highest BCUT2D eigenvalue weighted by Crippen LogP contribution is 2.23. The van der Waals surface area contributed by atoms with Gasteiger partial charge in [0.2, 0.25) is 5.91 Å². The molecule has 1 N–H and O–H groups in total. The van der Waals surface area contributed by atoms with E-state index in [0.717, 1.165) is 18.4 Å². The Labute approximate surface area is 103 Å². The van der Waals surface area contributed by atoms with Crippen molar-refractivity contribution < 1.29 is 4.79 Å². The molecule has 2 heteroatoms. The molecule has 1 aliphatic rings. The van der Waals surface area contributed by atoms with Gasteiger partial charge in [-0.2, -0.15) is 0 Å². The van der Waals surface area contributed by atoms with E-state index in [0.29, 0.717) is 0 Å². The molecule has 0 atom stereocenters. The molecule has 0 saturated heterocycles. The summed E-state index contributed by atoms with van der Waals surface area (Å²) in [5, 5.41) is 2.88. The van der Waals surface area contributed by atoms with Crippen LogP contribution in [0.5, 0.6) is 0 Å². The summed E-state index contributed by atoms with van der Waals surface area (Å²) in [6, 6.07) is 10.00. The third-order valence-electron chi connectivity index (χ3n) is 3.28. The number of rotatable bonds is 3. The van der Waals surface area contributed by atoms with Gasteiger partial charge in [-0.15, -0.1) is 0 Å². The first-order valence-electron chi connectivity index (χ1n) is 6.38. The lowest BCUT2D eigenvalue weighted by atomic mass is 9.89. The molecule has 1 fully saturated rings. The Morgan fingerprint density at radius 3 is 2.53 bits per heavy atom. The summed E-state index contributed by atoms with van der Waals surface area (Å²) in [6.45, 7) is 0. The van der Waals surface area contributed by atoms with Crippen LogP contribution >= 0.6 is 0 Å². The molecular weight excluding hydrogens is 210 g/mol. The minimum atomic E-state index is 0.178. The summed E-state index contributed by atoms with van der Waals surface area (Å²) in [6.07, 6.45) is 9.45. The zero-order valence-corrected chi connectivity index (χ0v) is 10.1. The van der Waals surface area contributed by atoms with Gasteiger partial charge in [0.25, 0.3) is 0 Å². The molecular formula is C15H19NO. The summed E-state index contributed by atoms with van der Waals surface area (Å²) in [5.74, 6) is 0.404. The Bertz CT molecular complexity index is 377. The van der Waals surface area contributed by atoms with E-state index in [2.05, 4.69) is 5.32 Å². The third-order valence-corrected chi connectivity index (χ3v) is 3.28. The van der Waals surface area contributed by atoms with E-state index < -0.39 is 0 Å². The van der Waals surface area contributed by atoms with E-state index in [1.54, 1.807) is 6.20 Å². The topological polar surface area (TPSA) is 29.1 Å². The smallest absolute Gasteiger partial charge is 0.227 e. The second kappa shape index (κ2) is 6.24. The first-order valence-corrected chi connectivity index (χ1v) is 6.38. The van der Waals surface area contributed by atoms with Gasteiger partial charge in [0, 0.05) is 12.1 Å². The predicted molar refractivity (Wildman–Crippen MR) is 70.2 cm³/mol. The molecule has 0 unspecified atom stereocenters. The largest absolute Gasteiger partial charge is 0.332 e. The second-order valence-electron chi connectivity index (χ2n) is 4.59. The number of carbonyl (C=O) groups excluding carboxylic acids is 1. The predicted octanol–water partition coefficient (Wildman–Crippen LogP) is 3.35. The third kappa shape index (κ3) is 3.74. The van der Waals surface area contributed by atoms with Gasteiger partial charge in [-0.25, -0.2) is 0 Å². The number of hydrogen-bond donors (Lipinski definition) is 1. The van der Waals surface area contributed by atoms with Gasteiger partial charge in [0.15, 0.2) is 0 Å². The maximum absolute atomic E-state index is 11.8. The van der Waals surface area contributed by atoms with Crippen LogP contribution in [0.3, 0.4) is 0 Å². The van der Waals surface area contributed by atoms with Crippen LogP contribution in [0.1, 0.15) is 37.7 Å². The lowest BCUT2D eigenvalue weighted by Crippen LogP contribution is -2.28. The van der Waals surface area contributed by atoms with Crippen molar-refractivity contribution >= 4 is 12.0 Å². The van der Waals surface area contributed by atoms with Crippen LogP contribution in [0.2, 0.25) is 0 Å². The molecule has 0 aliphatic heterocycles. The lowest BCUT2D eigenvalue weighted by molar-refractivity contribution is -0.124. The first-order chi connectivity index (χ1) is 8.36. The quantitative estimate of drug-likeness (QED) is 0.846. The zero-order chi connectivity index (χ0) is 11.9. The van der Waals surface area contributed by atoms with E-state index in [1.807, 2.05) is 36.4 Å². The fraction of sp³-hybridized carbons (Fsp3) is 0.400. The Morgan fingerprint density at radius 2 is 1.82 bits per heavy atom. The minimum Gasteiger partial charge on any atom is -0.332 e. The van der Waals surface area contributed by atoms with Gasteiger partial charge in [0.1, 0.15) is 0 Å².